The predicted molar refractivity (Wildman–Crippen MR) is 115 cm³/mol. The highest BCUT2D eigenvalue weighted by Gasteiger charge is 2.14. The lowest BCUT2D eigenvalue weighted by molar-refractivity contribution is 0.380. The van der Waals surface area contributed by atoms with Gasteiger partial charge in [0.1, 0.15) is 11.5 Å². The summed E-state index contributed by atoms with van der Waals surface area (Å²) in [5.41, 5.74) is 3.28. The minimum Gasteiger partial charge on any atom is -0.469 e. The Morgan fingerprint density at radius 3 is 2.62 bits per heavy atom. The zero-order valence-corrected chi connectivity index (χ0v) is 17.4. The summed E-state index contributed by atoms with van der Waals surface area (Å²) in [7, 11) is 0. The van der Waals surface area contributed by atoms with Crippen LogP contribution in [0.5, 0.6) is 0 Å². The van der Waals surface area contributed by atoms with Gasteiger partial charge in [0.05, 0.1) is 24.5 Å². The van der Waals surface area contributed by atoms with Crippen molar-refractivity contribution in [1.82, 2.24) is 15.8 Å². The monoisotopic (exact) mass is 394 g/mol. The molecule has 2 heterocycles. The zero-order valence-electron chi connectivity index (χ0n) is 17.4. The lowest BCUT2D eigenvalue weighted by atomic mass is 10.1. The van der Waals surface area contributed by atoms with Gasteiger partial charge in [-0.2, -0.15) is 0 Å². The highest BCUT2D eigenvalue weighted by molar-refractivity contribution is 5.80. The van der Waals surface area contributed by atoms with Gasteiger partial charge in [-0.1, -0.05) is 49.3 Å². The van der Waals surface area contributed by atoms with E-state index < -0.39 is 0 Å². The van der Waals surface area contributed by atoms with Gasteiger partial charge in [0.15, 0.2) is 5.96 Å². The highest BCUT2D eigenvalue weighted by Crippen LogP contribution is 2.17. The van der Waals surface area contributed by atoms with Crippen LogP contribution in [0.1, 0.15) is 55.2 Å². The lowest BCUT2D eigenvalue weighted by Crippen LogP contribution is -2.39. The number of aromatic nitrogens is 1. The normalized spacial score (nSPS) is 12.7. The molecule has 6 heteroatoms. The molecule has 29 heavy (non-hydrogen) atoms. The van der Waals surface area contributed by atoms with Crippen LogP contribution in [-0.4, -0.2) is 17.7 Å². The molecule has 0 aliphatic heterocycles. The second-order valence-corrected chi connectivity index (χ2v) is 6.94. The van der Waals surface area contributed by atoms with Crippen LogP contribution in [0.2, 0.25) is 0 Å². The predicted octanol–water partition coefficient (Wildman–Crippen LogP) is 4.43. The second kappa shape index (κ2) is 10.5. The minimum absolute atomic E-state index is 0.129. The van der Waals surface area contributed by atoms with Crippen molar-refractivity contribution >= 4 is 5.96 Å². The number of hydrogen-bond acceptors (Lipinski definition) is 4. The van der Waals surface area contributed by atoms with Crippen molar-refractivity contribution in [3.63, 3.8) is 0 Å². The molecule has 0 radical (unpaired) electrons. The standard InChI is InChI=1S/C23H30N4O2/c1-4-21-20(22(5-2)29-27-21)16-25-23(24-14-13-19-12-9-15-28-19)26-17(3)18-10-7-6-8-11-18/h6-12,15,17H,4-5,13-14,16H2,1-3H3,(H2,24,25,26). The summed E-state index contributed by atoms with van der Waals surface area (Å²) in [4.78, 5) is 4.83. The average molecular weight is 395 g/mol. The number of nitrogens with one attached hydrogen (secondary N) is 2. The van der Waals surface area contributed by atoms with E-state index in [9.17, 15) is 0 Å². The fraction of sp³-hybridized carbons (Fsp3) is 0.391. The molecule has 3 rings (SSSR count). The molecule has 6 nitrogen and oxygen atoms in total. The summed E-state index contributed by atoms with van der Waals surface area (Å²) in [5, 5.41) is 11.1. The van der Waals surface area contributed by atoms with Gasteiger partial charge in [-0.25, -0.2) is 4.99 Å². The van der Waals surface area contributed by atoms with Crippen LogP contribution in [0.3, 0.4) is 0 Å². The highest BCUT2D eigenvalue weighted by atomic mass is 16.5. The Balaban J connectivity index is 1.72. The molecular weight excluding hydrogens is 364 g/mol. The minimum atomic E-state index is 0.129. The topological polar surface area (TPSA) is 75.6 Å². The summed E-state index contributed by atoms with van der Waals surface area (Å²) in [6.45, 7) is 7.56. The van der Waals surface area contributed by atoms with Crippen LogP contribution in [0.15, 0.2) is 62.7 Å². The van der Waals surface area contributed by atoms with Crippen LogP contribution >= 0.6 is 0 Å². The molecule has 1 atom stereocenters. The first kappa shape index (κ1) is 20.7. The maximum Gasteiger partial charge on any atom is 0.192 e. The smallest absolute Gasteiger partial charge is 0.192 e. The molecule has 0 fully saturated rings. The number of aryl methyl sites for hydroxylation is 2. The van der Waals surface area contributed by atoms with Crippen molar-refractivity contribution in [2.24, 2.45) is 4.99 Å². The Kier molecular flexibility index (Phi) is 7.50. The van der Waals surface area contributed by atoms with Gasteiger partial charge in [-0.3, -0.25) is 0 Å². The third kappa shape index (κ3) is 5.73. The molecule has 0 amide bonds. The number of rotatable bonds is 9. The molecule has 0 spiro atoms. The maximum atomic E-state index is 5.48. The van der Waals surface area contributed by atoms with Crippen LogP contribution in [0, 0.1) is 0 Å². The van der Waals surface area contributed by atoms with Gasteiger partial charge in [0.2, 0.25) is 0 Å². The van der Waals surface area contributed by atoms with E-state index in [4.69, 9.17) is 13.9 Å². The molecule has 2 aromatic heterocycles. The van der Waals surface area contributed by atoms with Crippen LogP contribution < -0.4 is 10.6 Å². The average Bonchev–Trinajstić information content (AvgIpc) is 3.41. The van der Waals surface area contributed by atoms with Gasteiger partial charge < -0.3 is 19.6 Å². The SMILES string of the molecule is CCc1noc(CC)c1CN=C(NCCc1ccco1)NC(C)c1ccccc1. The summed E-state index contributed by atoms with van der Waals surface area (Å²) in [5.74, 6) is 2.63. The van der Waals surface area contributed by atoms with Gasteiger partial charge in [0.25, 0.3) is 0 Å². The Morgan fingerprint density at radius 2 is 1.93 bits per heavy atom. The quantitative estimate of drug-likeness (QED) is 0.415. The lowest BCUT2D eigenvalue weighted by Gasteiger charge is -2.18. The fourth-order valence-electron chi connectivity index (χ4n) is 3.22. The number of guanidine groups is 1. The van der Waals surface area contributed by atoms with E-state index >= 15 is 0 Å². The number of furan rings is 1. The maximum absolute atomic E-state index is 5.48. The van der Waals surface area contributed by atoms with Crippen molar-refractivity contribution in [1.29, 1.82) is 0 Å². The van der Waals surface area contributed by atoms with E-state index in [-0.39, 0.29) is 6.04 Å². The van der Waals surface area contributed by atoms with E-state index in [1.54, 1.807) is 6.26 Å². The number of hydrogen-bond donors (Lipinski definition) is 2. The van der Waals surface area contributed by atoms with E-state index in [1.807, 2.05) is 30.3 Å². The van der Waals surface area contributed by atoms with Crippen molar-refractivity contribution in [3.05, 3.63) is 77.1 Å². The molecule has 0 aliphatic rings. The Labute approximate surface area is 172 Å². The van der Waals surface area contributed by atoms with Crippen LogP contribution in [0.25, 0.3) is 0 Å². The molecule has 3 aromatic rings. The molecule has 154 valence electrons. The molecular formula is C23H30N4O2. The third-order valence-corrected chi connectivity index (χ3v) is 4.90. The molecule has 1 unspecified atom stereocenters. The molecule has 0 saturated heterocycles. The first-order valence-electron chi connectivity index (χ1n) is 10.3. The van der Waals surface area contributed by atoms with E-state index in [0.29, 0.717) is 6.54 Å². The zero-order chi connectivity index (χ0) is 20.5. The van der Waals surface area contributed by atoms with Crippen molar-refractivity contribution in [2.75, 3.05) is 6.54 Å². The van der Waals surface area contributed by atoms with E-state index in [2.05, 4.69) is 48.7 Å². The largest absolute Gasteiger partial charge is 0.469 e. The second-order valence-electron chi connectivity index (χ2n) is 6.94. The van der Waals surface area contributed by atoms with E-state index in [0.717, 1.165) is 54.5 Å². The first-order chi connectivity index (χ1) is 14.2. The Morgan fingerprint density at radius 1 is 1.10 bits per heavy atom. The van der Waals surface area contributed by atoms with Gasteiger partial charge in [0, 0.05) is 24.9 Å². The third-order valence-electron chi connectivity index (χ3n) is 4.90. The van der Waals surface area contributed by atoms with Crippen molar-refractivity contribution in [3.8, 4) is 0 Å². The van der Waals surface area contributed by atoms with Crippen LogP contribution in [-0.2, 0) is 25.8 Å². The molecule has 1 aromatic carbocycles. The molecule has 0 bridgehead atoms. The summed E-state index contributed by atoms with van der Waals surface area (Å²) >= 11 is 0. The van der Waals surface area contributed by atoms with Crippen LogP contribution in [0.4, 0.5) is 0 Å². The number of aliphatic imine (C=N–C) groups is 1. The number of benzene rings is 1. The van der Waals surface area contributed by atoms with Gasteiger partial charge >= 0.3 is 0 Å². The molecule has 0 aliphatic carbocycles. The Hall–Kier alpha value is -3.02. The van der Waals surface area contributed by atoms with Crippen molar-refractivity contribution in [2.45, 2.75) is 52.6 Å². The summed E-state index contributed by atoms with van der Waals surface area (Å²) in [6.07, 6.45) is 4.14. The molecule has 2 N–H and O–H groups in total. The van der Waals surface area contributed by atoms with E-state index in [1.165, 1.54) is 5.56 Å². The fourth-order valence-corrected chi connectivity index (χ4v) is 3.22. The number of nitrogens with zero attached hydrogens (tertiary/aromatic N) is 2. The van der Waals surface area contributed by atoms with Gasteiger partial charge in [-0.15, -0.1) is 0 Å². The first-order valence-corrected chi connectivity index (χ1v) is 10.3. The molecule has 0 saturated carbocycles. The van der Waals surface area contributed by atoms with Gasteiger partial charge in [-0.05, 0) is 31.0 Å². The van der Waals surface area contributed by atoms with Crippen molar-refractivity contribution < 1.29 is 8.94 Å². The summed E-state index contributed by atoms with van der Waals surface area (Å²) in [6, 6.07) is 14.4. The summed E-state index contributed by atoms with van der Waals surface area (Å²) < 4.78 is 10.9. The Bertz CT molecular complexity index is 864.